The molecule has 7 heteroatoms. The highest BCUT2D eigenvalue weighted by Crippen LogP contribution is 2.35. The molecule has 0 spiro atoms. The van der Waals surface area contributed by atoms with Gasteiger partial charge in [0.2, 0.25) is 0 Å². The van der Waals surface area contributed by atoms with E-state index in [1.807, 2.05) is 0 Å². The molecule has 0 fully saturated rings. The smallest absolute Gasteiger partial charge is 0.192 e. The molecule has 4 nitrogen and oxygen atoms in total. The van der Waals surface area contributed by atoms with E-state index in [4.69, 9.17) is 5.73 Å². The van der Waals surface area contributed by atoms with Crippen molar-refractivity contribution in [2.45, 2.75) is 0 Å². The molecule has 90 valence electrons. The molecule has 2 aromatic rings. The number of methoxy groups -OCH3 is 1. The zero-order valence-corrected chi connectivity index (χ0v) is 10.3. The van der Waals surface area contributed by atoms with Gasteiger partial charge in [0.25, 0.3) is 0 Å². The minimum Gasteiger partial charge on any atom is -0.491 e. The Morgan fingerprint density at radius 3 is 2.59 bits per heavy atom. The number of anilines is 1. The quantitative estimate of drug-likeness (QED) is 0.839. The van der Waals surface area contributed by atoms with Gasteiger partial charge in [-0.25, -0.2) is 8.78 Å². The summed E-state index contributed by atoms with van der Waals surface area (Å²) in [5.41, 5.74) is 5.89. The summed E-state index contributed by atoms with van der Waals surface area (Å²) in [4.78, 5) is 0. The first-order valence-corrected chi connectivity index (χ1v) is 5.36. The highest BCUT2D eigenvalue weighted by molar-refractivity contribution is 9.10. The molecule has 1 aromatic heterocycles. The summed E-state index contributed by atoms with van der Waals surface area (Å²) in [5, 5.41) is 6.22. The molecule has 0 radical (unpaired) electrons. The number of aromatic nitrogens is 2. The van der Waals surface area contributed by atoms with E-state index in [1.165, 1.54) is 19.2 Å². The van der Waals surface area contributed by atoms with E-state index in [0.717, 1.165) is 0 Å². The van der Waals surface area contributed by atoms with Crippen molar-refractivity contribution in [3.8, 4) is 17.0 Å². The molecule has 0 amide bonds. The van der Waals surface area contributed by atoms with Crippen LogP contribution < -0.4 is 10.5 Å². The Labute approximate surface area is 104 Å². The van der Waals surface area contributed by atoms with Gasteiger partial charge in [0, 0.05) is 11.6 Å². The monoisotopic (exact) mass is 303 g/mol. The van der Waals surface area contributed by atoms with Gasteiger partial charge in [-0.2, -0.15) is 5.10 Å². The molecule has 0 aliphatic carbocycles. The fourth-order valence-electron chi connectivity index (χ4n) is 1.43. The van der Waals surface area contributed by atoms with Crippen LogP contribution in [0.1, 0.15) is 0 Å². The average Bonchev–Trinajstić information content (AvgIpc) is 2.71. The first-order chi connectivity index (χ1) is 8.04. The Kier molecular flexibility index (Phi) is 3.01. The summed E-state index contributed by atoms with van der Waals surface area (Å²) in [6, 6.07) is 2.74. The number of rotatable bonds is 2. The van der Waals surface area contributed by atoms with Crippen LogP contribution in [0, 0.1) is 11.6 Å². The SMILES string of the molecule is COc1c(F)c(Br)cc(-c2cc(N)n[nH]2)c1F. The van der Waals surface area contributed by atoms with Gasteiger partial charge in [-0.3, -0.25) is 5.10 Å². The average molecular weight is 304 g/mol. The van der Waals surface area contributed by atoms with Crippen LogP contribution in [0.4, 0.5) is 14.6 Å². The molecule has 0 bridgehead atoms. The second-order valence-electron chi connectivity index (χ2n) is 3.27. The minimum absolute atomic E-state index is 0.0962. The van der Waals surface area contributed by atoms with Gasteiger partial charge in [-0.15, -0.1) is 0 Å². The Balaban J connectivity index is 2.67. The minimum atomic E-state index is -0.808. The molecule has 0 unspecified atom stereocenters. The second kappa shape index (κ2) is 4.33. The van der Waals surface area contributed by atoms with Gasteiger partial charge < -0.3 is 10.5 Å². The Bertz CT molecular complexity index is 571. The molecule has 2 rings (SSSR count). The lowest BCUT2D eigenvalue weighted by Crippen LogP contribution is -1.97. The van der Waals surface area contributed by atoms with Gasteiger partial charge in [-0.1, -0.05) is 0 Å². The number of hydrogen-bond acceptors (Lipinski definition) is 3. The van der Waals surface area contributed by atoms with Gasteiger partial charge >= 0.3 is 0 Å². The third-order valence-electron chi connectivity index (χ3n) is 2.21. The first-order valence-electron chi connectivity index (χ1n) is 4.57. The van der Waals surface area contributed by atoms with Crippen LogP contribution in [0.15, 0.2) is 16.6 Å². The predicted molar refractivity (Wildman–Crippen MR) is 62.6 cm³/mol. The summed E-state index contributed by atoms with van der Waals surface area (Å²) in [6.45, 7) is 0. The fourth-order valence-corrected chi connectivity index (χ4v) is 1.84. The summed E-state index contributed by atoms with van der Waals surface area (Å²) >= 11 is 2.99. The topological polar surface area (TPSA) is 63.9 Å². The fraction of sp³-hybridized carbons (Fsp3) is 0.100. The van der Waals surface area contributed by atoms with Crippen molar-refractivity contribution in [1.29, 1.82) is 0 Å². The molecule has 1 aromatic carbocycles. The van der Waals surface area contributed by atoms with Gasteiger partial charge in [0.05, 0.1) is 17.3 Å². The molecule has 3 N–H and O–H groups in total. The summed E-state index contributed by atoms with van der Waals surface area (Å²) in [5.74, 6) is -1.83. The lowest BCUT2D eigenvalue weighted by molar-refractivity contribution is 0.359. The normalized spacial score (nSPS) is 10.6. The van der Waals surface area contributed by atoms with Crippen molar-refractivity contribution in [2.75, 3.05) is 12.8 Å². The number of aromatic amines is 1. The van der Waals surface area contributed by atoms with Crippen molar-refractivity contribution >= 4 is 21.7 Å². The lowest BCUT2D eigenvalue weighted by Gasteiger charge is -2.08. The van der Waals surface area contributed by atoms with E-state index < -0.39 is 17.4 Å². The number of nitrogen functional groups attached to an aromatic ring is 1. The van der Waals surface area contributed by atoms with Crippen molar-refractivity contribution < 1.29 is 13.5 Å². The van der Waals surface area contributed by atoms with Crippen LogP contribution in [0.2, 0.25) is 0 Å². The predicted octanol–water partition coefficient (Wildman–Crippen LogP) is 2.71. The van der Waals surface area contributed by atoms with E-state index >= 15 is 0 Å². The molecule has 17 heavy (non-hydrogen) atoms. The van der Waals surface area contributed by atoms with Crippen LogP contribution in [0.25, 0.3) is 11.3 Å². The van der Waals surface area contributed by atoms with E-state index in [0.29, 0.717) is 5.69 Å². The van der Waals surface area contributed by atoms with Crippen LogP contribution in [0.3, 0.4) is 0 Å². The van der Waals surface area contributed by atoms with E-state index in [1.54, 1.807) is 0 Å². The molecule has 0 aliphatic heterocycles. The maximum Gasteiger partial charge on any atom is 0.192 e. The second-order valence-corrected chi connectivity index (χ2v) is 4.13. The number of ether oxygens (including phenoxy) is 1. The van der Waals surface area contributed by atoms with E-state index in [-0.39, 0.29) is 15.9 Å². The molecule has 0 saturated heterocycles. The zero-order chi connectivity index (χ0) is 12.6. The molecule has 0 saturated carbocycles. The van der Waals surface area contributed by atoms with E-state index in [9.17, 15) is 8.78 Å². The summed E-state index contributed by atoms with van der Waals surface area (Å²) in [6.07, 6.45) is 0. The number of nitrogens with one attached hydrogen (secondary N) is 1. The third kappa shape index (κ3) is 1.97. The van der Waals surface area contributed by atoms with Gasteiger partial charge in [-0.05, 0) is 22.0 Å². The van der Waals surface area contributed by atoms with Crippen LogP contribution >= 0.6 is 15.9 Å². The number of halogens is 3. The summed E-state index contributed by atoms with van der Waals surface area (Å²) in [7, 11) is 1.19. The summed E-state index contributed by atoms with van der Waals surface area (Å²) < 4.78 is 32.2. The maximum atomic E-state index is 13.9. The van der Waals surface area contributed by atoms with Crippen LogP contribution in [0.5, 0.6) is 5.75 Å². The number of hydrogen-bond donors (Lipinski definition) is 2. The molecular formula is C10H8BrF2N3O. The number of nitrogens with two attached hydrogens (primary N) is 1. The van der Waals surface area contributed by atoms with Crippen molar-refractivity contribution in [1.82, 2.24) is 10.2 Å². The molecule has 0 aliphatic rings. The molecule has 1 heterocycles. The Hall–Kier alpha value is -1.63. The number of benzene rings is 1. The number of nitrogens with zero attached hydrogens (tertiary/aromatic N) is 1. The third-order valence-corrected chi connectivity index (χ3v) is 2.78. The maximum absolute atomic E-state index is 13.9. The van der Waals surface area contributed by atoms with Crippen LogP contribution in [-0.2, 0) is 0 Å². The Morgan fingerprint density at radius 1 is 1.35 bits per heavy atom. The first kappa shape index (κ1) is 11.8. The standard InChI is InChI=1S/C10H8BrF2N3O/c1-17-10-8(12)4(2-5(11)9(10)13)6-3-7(14)16-15-6/h2-3H,1H3,(H3,14,15,16). The Morgan fingerprint density at radius 2 is 2.06 bits per heavy atom. The zero-order valence-electron chi connectivity index (χ0n) is 8.72. The van der Waals surface area contributed by atoms with Gasteiger partial charge in [0.1, 0.15) is 5.82 Å². The largest absolute Gasteiger partial charge is 0.491 e. The highest BCUT2D eigenvalue weighted by atomic mass is 79.9. The van der Waals surface area contributed by atoms with Crippen molar-refractivity contribution in [3.63, 3.8) is 0 Å². The highest BCUT2D eigenvalue weighted by Gasteiger charge is 2.20. The molecular weight excluding hydrogens is 296 g/mol. The van der Waals surface area contributed by atoms with Gasteiger partial charge in [0.15, 0.2) is 17.4 Å². The van der Waals surface area contributed by atoms with Crippen LogP contribution in [-0.4, -0.2) is 17.3 Å². The van der Waals surface area contributed by atoms with E-state index in [2.05, 4.69) is 30.9 Å². The number of H-pyrrole nitrogens is 1. The lowest BCUT2D eigenvalue weighted by atomic mass is 10.1. The molecule has 0 atom stereocenters. The van der Waals surface area contributed by atoms with Crippen molar-refractivity contribution in [2.24, 2.45) is 0 Å². The van der Waals surface area contributed by atoms with Crippen molar-refractivity contribution in [3.05, 3.63) is 28.2 Å².